The van der Waals surface area contributed by atoms with Crippen molar-refractivity contribution in [3.63, 3.8) is 0 Å². The van der Waals surface area contributed by atoms with E-state index >= 15 is 0 Å². The predicted octanol–water partition coefficient (Wildman–Crippen LogP) is 8.87. The molecule has 0 amide bonds. The number of hydrogen-bond donors (Lipinski definition) is 0. The molecule has 2 radical (unpaired) electrons. The van der Waals surface area contributed by atoms with Crippen LogP contribution in [-0.4, -0.2) is 0 Å². The van der Waals surface area contributed by atoms with Crippen LogP contribution < -0.4 is 0 Å². The number of rotatable bonds is 19. The van der Waals surface area contributed by atoms with Crippen molar-refractivity contribution in [2.24, 2.45) is 5.92 Å². The molecule has 0 bridgehead atoms. The molecule has 0 N–H and O–H groups in total. The maximum atomic E-state index is 3.93. The zero-order valence-corrected chi connectivity index (χ0v) is 16.9. The topological polar surface area (TPSA) is 0 Å². The van der Waals surface area contributed by atoms with Crippen molar-refractivity contribution in [2.75, 3.05) is 0 Å². The standard InChI is InChI=1S/C24H46/c1-4-7-9-11-12-13-14-15-16-17-18-19-21-23-24(6-3)22-20-10-8-5-2/h16-17,24H,1-2,4-15,18-23H2,3H3. The molecule has 142 valence electrons. The molecule has 1 unspecified atom stereocenters. The number of allylic oxidation sites excluding steroid dienone is 2. The minimum Gasteiger partial charge on any atom is -0.0885 e. The van der Waals surface area contributed by atoms with Crippen LogP contribution in [0.1, 0.15) is 122 Å². The Labute approximate surface area is 154 Å². The second kappa shape index (κ2) is 20.8. The van der Waals surface area contributed by atoms with Crippen molar-refractivity contribution < 1.29 is 0 Å². The third kappa shape index (κ3) is 18.1. The third-order valence-electron chi connectivity index (χ3n) is 5.21. The van der Waals surface area contributed by atoms with Crippen LogP contribution in [0.5, 0.6) is 0 Å². The number of unbranched alkanes of at least 4 members (excludes halogenated alkanes) is 12. The van der Waals surface area contributed by atoms with Gasteiger partial charge in [0.25, 0.3) is 0 Å². The van der Waals surface area contributed by atoms with E-state index in [9.17, 15) is 0 Å². The van der Waals surface area contributed by atoms with E-state index in [4.69, 9.17) is 0 Å². The van der Waals surface area contributed by atoms with Crippen LogP contribution in [-0.2, 0) is 0 Å². The summed E-state index contributed by atoms with van der Waals surface area (Å²) in [7, 11) is 0. The summed E-state index contributed by atoms with van der Waals surface area (Å²) in [6.07, 6.45) is 29.2. The Bertz CT molecular complexity index is 240. The first kappa shape index (κ1) is 23.7. The quantitative estimate of drug-likeness (QED) is 0.163. The highest BCUT2D eigenvalue weighted by Gasteiger charge is 2.05. The SMILES string of the molecule is [CH2]CCCCCCCCC=CCCCCC(CC)CCCCC[CH2]. The van der Waals surface area contributed by atoms with E-state index in [1.807, 2.05) is 0 Å². The Kier molecular flexibility index (Phi) is 20.6. The van der Waals surface area contributed by atoms with E-state index in [-0.39, 0.29) is 0 Å². The Morgan fingerprint density at radius 2 is 1.00 bits per heavy atom. The van der Waals surface area contributed by atoms with Crippen LogP contribution in [0.3, 0.4) is 0 Å². The van der Waals surface area contributed by atoms with Crippen LogP contribution in [0.2, 0.25) is 0 Å². The minimum absolute atomic E-state index is 0.974. The summed E-state index contributed by atoms with van der Waals surface area (Å²) in [6.45, 7) is 10.2. The zero-order valence-electron chi connectivity index (χ0n) is 16.9. The van der Waals surface area contributed by atoms with E-state index in [1.54, 1.807) is 0 Å². The summed E-state index contributed by atoms with van der Waals surface area (Å²) in [5.41, 5.74) is 0. The van der Waals surface area contributed by atoms with Crippen LogP contribution >= 0.6 is 0 Å². The molecule has 0 aliphatic heterocycles. The summed E-state index contributed by atoms with van der Waals surface area (Å²) >= 11 is 0. The Morgan fingerprint density at radius 1 is 0.583 bits per heavy atom. The van der Waals surface area contributed by atoms with Gasteiger partial charge in [-0.15, -0.1) is 0 Å². The molecule has 0 fully saturated rings. The van der Waals surface area contributed by atoms with Gasteiger partial charge in [0.2, 0.25) is 0 Å². The van der Waals surface area contributed by atoms with E-state index in [1.165, 1.54) is 103 Å². The monoisotopic (exact) mass is 334 g/mol. The van der Waals surface area contributed by atoms with Crippen molar-refractivity contribution in [3.8, 4) is 0 Å². The van der Waals surface area contributed by atoms with Crippen LogP contribution in [0.15, 0.2) is 12.2 Å². The van der Waals surface area contributed by atoms with Crippen molar-refractivity contribution in [1.82, 2.24) is 0 Å². The lowest BCUT2D eigenvalue weighted by molar-refractivity contribution is 0.399. The molecular formula is C24H46. The molecule has 0 aromatic heterocycles. The molecule has 1 atom stereocenters. The summed E-state index contributed by atoms with van der Waals surface area (Å²) < 4.78 is 0. The lowest BCUT2D eigenvalue weighted by Crippen LogP contribution is -1.99. The molecule has 0 rings (SSSR count). The average molecular weight is 335 g/mol. The molecular weight excluding hydrogens is 288 g/mol. The predicted molar refractivity (Wildman–Crippen MR) is 112 cm³/mol. The van der Waals surface area contributed by atoms with Crippen LogP contribution in [0, 0.1) is 19.8 Å². The largest absolute Gasteiger partial charge is 0.0885 e. The van der Waals surface area contributed by atoms with E-state index in [2.05, 4.69) is 32.9 Å². The smallest absolute Gasteiger partial charge is 0.0351 e. The Hall–Kier alpha value is -0.260. The molecule has 0 saturated heterocycles. The third-order valence-corrected chi connectivity index (χ3v) is 5.21. The summed E-state index contributed by atoms with van der Waals surface area (Å²) in [5, 5.41) is 0. The second-order valence-corrected chi connectivity index (χ2v) is 7.50. The first-order valence-electron chi connectivity index (χ1n) is 11.1. The van der Waals surface area contributed by atoms with Gasteiger partial charge >= 0.3 is 0 Å². The van der Waals surface area contributed by atoms with Crippen LogP contribution in [0.4, 0.5) is 0 Å². The first-order valence-corrected chi connectivity index (χ1v) is 11.1. The van der Waals surface area contributed by atoms with Crippen LogP contribution in [0.25, 0.3) is 0 Å². The molecule has 0 heteroatoms. The first-order chi connectivity index (χ1) is 11.8. The summed E-state index contributed by atoms with van der Waals surface area (Å²) in [4.78, 5) is 0. The van der Waals surface area contributed by atoms with Gasteiger partial charge in [-0.05, 0) is 31.6 Å². The van der Waals surface area contributed by atoms with Crippen molar-refractivity contribution in [2.45, 2.75) is 122 Å². The normalized spacial score (nSPS) is 13.0. The molecule has 0 aliphatic carbocycles. The van der Waals surface area contributed by atoms with Gasteiger partial charge in [0.1, 0.15) is 0 Å². The Morgan fingerprint density at radius 3 is 1.54 bits per heavy atom. The summed E-state index contributed by atoms with van der Waals surface area (Å²) in [6, 6.07) is 0. The Balaban J connectivity index is 3.31. The molecule has 0 nitrogen and oxygen atoms in total. The van der Waals surface area contributed by atoms with E-state index in [0.29, 0.717) is 0 Å². The highest BCUT2D eigenvalue weighted by Crippen LogP contribution is 2.20. The van der Waals surface area contributed by atoms with Crippen molar-refractivity contribution in [1.29, 1.82) is 0 Å². The minimum atomic E-state index is 0.974. The van der Waals surface area contributed by atoms with Gasteiger partial charge in [-0.2, -0.15) is 0 Å². The highest BCUT2D eigenvalue weighted by molar-refractivity contribution is 4.81. The second-order valence-electron chi connectivity index (χ2n) is 7.50. The fourth-order valence-corrected chi connectivity index (χ4v) is 3.42. The maximum Gasteiger partial charge on any atom is -0.0351 e. The summed E-state index contributed by atoms with van der Waals surface area (Å²) in [5.74, 6) is 0.974. The van der Waals surface area contributed by atoms with Gasteiger partial charge in [0, 0.05) is 0 Å². The molecule has 0 saturated carbocycles. The van der Waals surface area contributed by atoms with Gasteiger partial charge in [-0.3, -0.25) is 0 Å². The maximum absolute atomic E-state index is 3.93. The van der Waals surface area contributed by atoms with Gasteiger partial charge < -0.3 is 0 Å². The van der Waals surface area contributed by atoms with Gasteiger partial charge in [0.15, 0.2) is 0 Å². The van der Waals surface area contributed by atoms with Gasteiger partial charge in [-0.1, -0.05) is 123 Å². The fourth-order valence-electron chi connectivity index (χ4n) is 3.42. The van der Waals surface area contributed by atoms with E-state index < -0.39 is 0 Å². The molecule has 0 heterocycles. The zero-order chi connectivity index (χ0) is 17.7. The van der Waals surface area contributed by atoms with Crippen molar-refractivity contribution >= 4 is 0 Å². The molecule has 24 heavy (non-hydrogen) atoms. The van der Waals surface area contributed by atoms with Gasteiger partial charge in [0.05, 0.1) is 0 Å². The van der Waals surface area contributed by atoms with E-state index in [0.717, 1.165) is 18.8 Å². The molecule has 0 aromatic carbocycles. The highest BCUT2D eigenvalue weighted by atomic mass is 14.1. The fraction of sp³-hybridized carbons (Fsp3) is 0.833. The van der Waals surface area contributed by atoms with Crippen molar-refractivity contribution in [3.05, 3.63) is 26.0 Å². The molecule has 0 spiro atoms. The lowest BCUT2D eigenvalue weighted by atomic mass is 9.92. The molecule has 0 aromatic rings. The lowest BCUT2D eigenvalue weighted by Gasteiger charge is -2.14. The van der Waals surface area contributed by atoms with Gasteiger partial charge in [-0.25, -0.2) is 0 Å². The average Bonchev–Trinajstić information content (AvgIpc) is 2.60. The molecule has 0 aliphatic rings. The number of hydrogen-bond acceptors (Lipinski definition) is 0.